The lowest BCUT2D eigenvalue weighted by molar-refractivity contribution is 0.0243. The number of aliphatic imine (C=N–C) groups is 1. The van der Waals surface area contributed by atoms with Gasteiger partial charge < -0.3 is 15.4 Å². The van der Waals surface area contributed by atoms with Crippen LogP contribution in [0, 0.1) is 6.92 Å². The van der Waals surface area contributed by atoms with Gasteiger partial charge in [0.15, 0.2) is 5.96 Å². The van der Waals surface area contributed by atoms with Crippen molar-refractivity contribution in [3.8, 4) is 0 Å². The average molecular weight is 404 g/mol. The Morgan fingerprint density at radius 1 is 1.43 bits per heavy atom. The molecule has 5 nitrogen and oxygen atoms in total. The molecule has 1 unspecified atom stereocenters. The third kappa shape index (κ3) is 5.78. The Morgan fingerprint density at radius 3 is 2.86 bits per heavy atom. The lowest BCUT2D eigenvalue weighted by Crippen LogP contribution is -2.45. The van der Waals surface area contributed by atoms with Crippen LogP contribution < -0.4 is 10.6 Å². The molecule has 0 bridgehead atoms. The molecule has 1 saturated heterocycles. The second kappa shape index (κ2) is 8.53. The summed E-state index contributed by atoms with van der Waals surface area (Å²) in [4.78, 5) is 8.69. The van der Waals surface area contributed by atoms with Crippen LogP contribution in [0.4, 0.5) is 0 Å². The fourth-order valence-corrected chi connectivity index (χ4v) is 2.34. The Hall–Kier alpha value is -0.890. The minimum atomic E-state index is -0.0702. The first-order chi connectivity index (χ1) is 9.61. The Labute approximate surface area is 144 Å². The van der Waals surface area contributed by atoms with Gasteiger partial charge in [0.25, 0.3) is 0 Å². The summed E-state index contributed by atoms with van der Waals surface area (Å²) >= 11 is 0. The van der Waals surface area contributed by atoms with Crippen molar-refractivity contribution in [1.82, 2.24) is 15.6 Å². The Bertz CT molecular complexity index is 472. The van der Waals surface area contributed by atoms with Gasteiger partial charge >= 0.3 is 0 Å². The molecule has 118 valence electrons. The predicted octanol–water partition coefficient (Wildman–Crippen LogP) is 2.24. The number of pyridine rings is 1. The number of aryl methyl sites for hydroxylation is 1. The van der Waals surface area contributed by atoms with Gasteiger partial charge in [-0.3, -0.25) is 9.98 Å². The lowest BCUT2D eigenvalue weighted by Gasteiger charge is -2.24. The highest BCUT2D eigenvalue weighted by molar-refractivity contribution is 14.0. The molecule has 0 aromatic carbocycles. The molecule has 1 aliphatic heterocycles. The Balaban J connectivity index is 0.00000220. The van der Waals surface area contributed by atoms with Crippen molar-refractivity contribution in [3.05, 3.63) is 29.6 Å². The van der Waals surface area contributed by atoms with Crippen LogP contribution in [0.2, 0.25) is 0 Å². The maximum Gasteiger partial charge on any atom is 0.191 e. The summed E-state index contributed by atoms with van der Waals surface area (Å²) in [6.07, 6.45) is 2.23. The summed E-state index contributed by atoms with van der Waals surface area (Å²) in [6.45, 7) is 6.43. The van der Waals surface area contributed by atoms with Gasteiger partial charge in [-0.05, 0) is 38.8 Å². The topological polar surface area (TPSA) is 58.5 Å². The molecular formula is C15H25IN4O. The minimum absolute atomic E-state index is 0. The Kier molecular flexibility index (Phi) is 7.37. The van der Waals surface area contributed by atoms with E-state index < -0.39 is 0 Å². The zero-order chi connectivity index (χ0) is 14.4. The lowest BCUT2D eigenvalue weighted by atomic mass is 10.0. The molecular weight excluding hydrogens is 379 g/mol. The van der Waals surface area contributed by atoms with Crippen molar-refractivity contribution >= 4 is 29.9 Å². The van der Waals surface area contributed by atoms with Crippen LogP contribution in [0.25, 0.3) is 0 Å². The van der Waals surface area contributed by atoms with E-state index in [9.17, 15) is 0 Å². The van der Waals surface area contributed by atoms with Crippen LogP contribution in [0.15, 0.2) is 23.2 Å². The quantitative estimate of drug-likeness (QED) is 0.459. The molecule has 1 aromatic rings. The summed E-state index contributed by atoms with van der Waals surface area (Å²) in [5, 5.41) is 6.60. The molecule has 0 amide bonds. The van der Waals surface area contributed by atoms with E-state index in [-0.39, 0.29) is 29.6 Å². The highest BCUT2D eigenvalue weighted by Crippen LogP contribution is 2.23. The Morgan fingerprint density at radius 2 is 2.24 bits per heavy atom. The summed E-state index contributed by atoms with van der Waals surface area (Å²) in [7, 11) is 1.77. The highest BCUT2D eigenvalue weighted by atomic mass is 127. The minimum Gasteiger partial charge on any atom is -0.373 e. The molecule has 1 atom stereocenters. The zero-order valence-electron chi connectivity index (χ0n) is 13.0. The van der Waals surface area contributed by atoms with Crippen molar-refractivity contribution in [2.45, 2.75) is 38.8 Å². The number of nitrogens with zero attached hydrogens (tertiary/aromatic N) is 2. The number of guanidine groups is 1. The smallest absolute Gasteiger partial charge is 0.191 e. The van der Waals surface area contributed by atoms with Gasteiger partial charge in [-0.15, -0.1) is 24.0 Å². The van der Waals surface area contributed by atoms with Crippen molar-refractivity contribution < 1.29 is 4.74 Å². The first-order valence-corrected chi connectivity index (χ1v) is 7.12. The van der Waals surface area contributed by atoms with Crippen LogP contribution in [0.1, 0.15) is 31.2 Å². The number of halogens is 1. The fraction of sp³-hybridized carbons (Fsp3) is 0.600. The van der Waals surface area contributed by atoms with E-state index in [1.54, 1.807) is 7.05 Å². The maximum atomic E-state index is 5.76. The number of hydrogen-bond donors (Lipinski definition) is 2. The first-order valence-electron chi connectivity index (χ1n) is 7.12. The van der Waals surface area contributed by atoms with Gasteiger partial charge in [0, 0.05) is 25.9 Å². The van der Waals surface area contributed by atoms with E-state index in [2.05, 4.69) is 27.5 Å². The second-order valence-electron chi connectivity index (χ2n) is 5.45. The second-order valence-corrected chi connectivity index (χ2v) is 5.45. The number of rotatable bonds is 4. The van der Waals surface area contributed by atoms with Crippen LogP contribution in [-0.2, 0) is 11.3 Å². The van der Waals surface area contributed by atoms with Crippen molar-refractivity contribution in [3.63, 3.8) is 0 Å². The SMILES string of the molecule is CN=C(NCc1cccc(C)n1)NCC1(C)CCCO1.I. The van der Waals surface area contributed by atoms with Crippen molar-refractivity contribution in [2.75, 3.05) is 20.2 Å². The molecule has 2 heterocycles. The van der Waals surface area contributed by atoms with Crippen molar-refractivity contribution in [1.29, 1.82) is 0 Å². The van der Waals surface area contributed by atoms with Gasteiger partial charge in [0.05, 0.1) is 17.8 Å². The van der Waals surface area contributed by atoms with E-state index in [4.69, 9.17) is 4.74 Å². The van der Waals surface area contributed by atoms with Crippen LogP contribution in [0.5, 0.6) is 0 Å². The highest BCUT2D eigenvalue weighted by Gasteiger charge is 2.29. The van der Waals surface area contributed by atoms with Gasteiger partial charge in [-0.25, -0.2) is 0 Å². The molecule has 0 radical (unpaired) electrons. The van der Waals surface area contributed by atoms with Crippen LogP contribution in [-0.4, -0.2) is 36.7 Å². The number of aromatic nitrogens is 1. The number of nitrogens with one attached hydrogen (secondary N) is 2. The molecule has 21 heavy (non-hydrogen) atoms. The largest absolute Gasteiger partial charge is 0.373 e. The van der Waals surface area contributed by atoms with E-state index in [1.165, 1.54) is 0 Å². The van der Waals surface area contributed by atoms with Crippen molar-refractivity contribution in [2.24, 2.45) is 4.99 Å². The van der Waals surface area contributed by atoms with E-state index in [1.807, 2.05) is 25.1 Å². The first kappa shape index (κ1) is 18.2. The molecule has 1 fully saturated rings. The van der Waals surface area contributed by atoms with Crippen LogP contribution >= 0.6 is 24.0 Å². The molecule has 1 aromatic heterocycles. The fourth-order valence-electron chi connectivity index (χ4n) is 2.34. The number of ether oxygens (including phenoxy) is 1. The number of hydrogen-bond acceptors (Lipinski definition) is 3. The summed E-state index contributed by atoms with van der Waals surface area (Å²) < 4.78 is 5.76. The summed E-state index contributed by atoms with van der Waals surface area (Å²) in [5.41, 5.74) is 1.97. The molecule has 0 saturated carbocycles. The third-order valence-electron chi connectivity index (χ3n) is 3.54. The van der Waals surface area contributed by atoms with E-state index >= 15 is 0 Å². The van der Waals surface area contributed by atoms with E-state index in [0.717, 1.165) is 43.3 Å². The average Bonchev–Trinajstić information content (AvgIpc) is 2.86. The van der Waals surface area contributed by atoms with Gasteiger partial charge in [-0.1, -0.05) is 6.07 Å². The summed E-state index contributed by atoms with van der Waals surface area (Å²) in [6, 6.07) is 6.02. The standard InChI is InChI=1S/C15H24N4O.HI/c1-12-6-4-7-13(19-12)10-17-14(16-3)18-11-15(2)8-5-9-20-15;/h4,6-7H,5,8-11H2,1-3H3,(H2,16,17,18);1H. The van der Waals surface area contributed by atoms with Gasteiger partial charge in [0.2, 0.25) is 0 Å². The van der Waals surface area contributed by atoms with Gasteiger partial charge in [-0.2, -0.15) is 0 Å². The molecule has 2 N–H and O–H groups in total. The molecule has 6 heteroatoms. The summed E-state index contributed by atoms with van der Waals surface area (Å²) in [5.74, 6) is 0.782. The molecule has 0 aliphatic carbocycles. The zero-order valence-corrected chi connectivity index (χ0v) is 15.3. The van der Waals surface area contributed by atoms with E-state index in [0.29, 0.717) is 6.54 Å². The molecule has 0 spiro atoms. The van der Waals surface area contributed by atoms with Gasteiger partial charge in [0.1, 0.15) is 0 Å². The van der Waals surface area contributed by atoms with Crippen LogP contribution in [0.3, 0.4) is 0 Å². The third-order valence-corrected chi connectivity index (χ3v) is 3.54. The predicted molar refractivity (Wildman–Crippen MR) is 96.2 cm³/mol. The normalized spacial score (nSPS) is 21.8. The maximum absolute atomic E-state index is 5.76. The molecule has 1 aliphatic rings. The monoisotopic (exact) mass is 404 g/mol. The molecule has 2 rings (SSSR count).